The third-order valence-corrected chi connectivity index (χ3v) is 10.9. The van der Waals surface area contributed by atoms with Crippen molar-refractivity contribution in [2.45, 2.75) is 104 Å². The summed E-state index contributed by atoms with van der Waals surface area (Å²) < 4.78 is 67.1. The topological polar surface area (TPSA) is 144 Å². The van der Waals surface area contributed by atoms with Crippen LogP contribution >= 0.6 is 0 Å². The lowest BCUT2D eigenvalue weighted by Gasteiger charge is -2.39. The van der Waals surface area contributed by atoms with Crippen molar-refractivity contribution >= 4 is 34.3 Å². The number of aryl methyl sites for hydroxylation is 1. The van der Waals surface area contributed by atoms with Gasteiger partial charge in [-0.1, -0.05) is 70.9 Å². The largest absolute Gasteiger partial charge is 0.460 e. The van der Waals surface area contributed by atoms with Crippen LogP contribution in [-0.4, -0.2) is 50.7 Å². The average molecular weight is 755 g/mol. The summed E-state index contributed by atoms with van der Waals surface area (Å²) in [5.41, 5.74) is -1.31. The molecule has 1 aliphatic carbocycles. The van der Waals surface area contributed by atoms with Crippen LogP contribution in [0.25, 0.3) is 10.9 Å². The molecule has 0 saturated carbocycles. The SMILES string of the molecule is CCOC(=O)c1noc([C@@H](CC(=O)C2(NC(=O)C(CC(=O)Cc3ccccc3F)C(C)CC)CCc3[nH]c4c(C(F)(F)F)cccc4c3C2)C(C)CC)n1. The van der Waals surface area contributed by atoms with Gasteiger partial charge in [-0.3, -0.25) is 14.4 Å². The molecule has 10 nitrogen and oxygen atoms in total. The molecule has 290 valence electrons. The van der Waals surface area contributed by atoms with Crippen LogP contribution in [0.15, 0.2) is 47.0 Å². The minimum atomic E-state index is -4.64. The molecule has 0 saturated heterocycles. The van der Waals surface area contributed by atoms with Crippen molar-refractivity contribution in [1.29, 1.82) is 0 Å². The number of aromatic nitrogens is 3. The molecule has 5 rings (SSSR count). The van der Waals surface area contributed by atoms with Crippen LogP contribution < -0.4 is 5.32 Å². The predicted octanol–water partition coefficient (Wildman–Crippen LogP) is 7.88. The molecule has 5 atom stereocenters. The summed E-state index contributed by atoms with van der Waals surface area (Å²) in [6.45, 7) is 9.21. The van der Waals surface area contributed by atoms with Crippen molar-refractivity contribution in [2.24, 2.45) is 17.8 Å². The highest BCUT2D eigenvalue weighted by molar-refractivity contribution is 5.97. The first-order valence-electron chi connectivity index (χ1n) is 18.4. The lowest BCUT2D eigenvalue weighted by atomic mass is 9.72. The number of ether oxygens (including phenoxy) is 1. The van der Waals surface area contributed by atoms with E-state index in [1.807, 2.05) is 27.7 Å². The van der Waals surface area contributed by atoms with Crippen LogP contribution in [0.1, 0.15) is 112 Å². The highest BCUT2D eigenvalue weighted by Gasteiger charge is 2.47. The molecule has 2 aromatic heterocycles. The number of ketones is 2. The minimum Gasteiger partial charge on any atom is -0.460 e. The molecule has 4 aromatic rings. The van der Waals surface area contributed by atoms with E-state index in [0.717, 1.165) is 6.07 Å². The van der Waals surface area contributed by atoms with Gasteiger partial charge < -0.3 is 19.6 Å². The third kappa shape index (κ3) is 8.57. The van der Waals surface area contributed by atoms with Gasteiger partial charge in [0, 0.05) is 48.6 Å². The number of halogens is 4. The van der Waals surface area contributed by atoms with Crippen molar-refractivity contribution < 1.29 is 46.0 Å². The molecular formula is C40H46F4N4O6. The monoisotopic (exact) mass is 754 g/mol. The molecule has 0 fully saturated rings. The first-order valence-corrected chi connectivity index (χ1v) is 18.4. The third-order valence-electron chi connectivity index (χ3n) is 10.9. The predicted molar refractivity (Wildman–Crippen MR) is 191 cm³/mol. The quantitative estimate of drug-likeness (QED) is 0.0869. The number of carbonyl (C=O) groups is 4. The number of rotatable bonds is 16. The first-order chi connectivity index (χ1) is 25.6. The van der Waals surface area contributed by atoms with Crippen LogP contribution in [0.4, 0.5) is 17.6 Å². The van der Waals surface area contributed by atoms with Gasteiger partial charge in [-0.2, -0.15) is 18.2 Å². The molecule has 0 bridgehead atoms. The number of esters is 1. The van der Waals surface area contributed by atoms with E-state index >= 15 is 0 Å². The molecule has 0 aliphatic heterocycles. The van der Waals surface area contributed by atoms with Crippen LogP contribution in [0.2, 0.25) is 0 Å². The number of para-hydroxylation sites is 1. The number of hydrogen-bond donors (Lipinski definition) is 2. The van der Waals surface area contributed by atoms with E-state index in [-0.39, 0.29) is 85.5 Å². The zero-order valence-corrected chi connectivity index (χ0v) is 31.1. The van der Waals surface area contributed by atoms with Gasteiger partial charge in [0.25, 0.3) is 5.82 Å². The first kappa shape index (κ1) is 40.3. The smallest absolute Gasteiger partial charge is 0.418 e. The van der Waals surface area contributed by atoms with Gasteiger partial charge >= 0.3 is 12.1 Å². The normalized spacial score (nSPS) is 18.0. The van der Waals surface area contributed by atoms with Crippen LogP contribution in [0.5, 0.6) is 0 Å². The van der Waals surface area contributed by atoms with E-state index in [2.05, 4.69) is 20.4 Å². The number of nitrogens with one attached hydrogen (secondary N) is 2. The Labute approximate surface area is 310 Å². The Morgan fingerprint density at radius 1 is 1.00 bits per heavy atom. The zero-order chi connectivity index (χ0) is 39.4. The van der Waals surface area contributed by atoms with Crippen LogP contribution in [0, 0.1) is 23.6 Å². The average Bonchev–Trinajstić information content (AvgIpc) is 3.78. The summed E-state index contributed by atoms with van der Waals surface area (Å²) in [6.07, 6.45) is -4.07. The Hall–Kier alpha value is -4.88. The fraction of sp³-hybridized carbons (Fsp3) is 0.500. The van der Waals surface area contributed by atoms with Crippen LogP contribution in [-0.2, 0) is 44.6 Å². The van der Waals surface area contributed by atoms with E-state index in [9.17, 15) is 36.7 Å². The minimum absolute atomic E-state index is 0.0388. The summed E-state index contributed by atoms with van der Waals surface area (Å²) >= 11 is 0. The summed E-state index contributed by atoms with van der Waals surface area (Å²) in [5, 5.41) is 7.09. The van der Waals surface area contributed by atoms with Gasteiger partial charge in [0.2, 0.25) is 11.8 Å². The van der Waals surface area contributed by atoms with Gasteiger partial charge in [0.1, 0.15) is 17.1 Å². The maximum atomic E-state index is 14.9. The number of H-pyrrole nitrogens is 1. The van der Waals surface area contributed by atoms with E-state index in [1.165, 1.54) is 24.3 Å². The molecule has 54 heavy (non-hydrogen) atoms. The van der Waals surface area contributed by atoms with Gasteiger partial charge in [-0.25, -0.2) is 9.18 Å². The van der Waals surface area contributed by atoms with Crippen molar-refractivity contribution in [3.05, 3.63) is 82.4 Å². The van der Waals surface area contributed by atoms with Crippen molar-refractivity contribution in [3.63, 3.8) is 0 Å². The molecule has 2 aromatic carbocycles. The number of hydrogen-bond acceptors (Lipinski definition) is 8. The number of fused-ring (bicyclic) bond motifs is 3. The second-order valence-electron chi connectivity index (χ2n) is 14.4. The number of alkyl halides is 3. The van der Waals surface area contributed by atoms with Crippen molar-refractivity contribution in [1.82, 2.24) is 20.4 Å². The molecular weight excluding hydrogens is 708 g/mol. The zero-order valence-electron chi connectivity index (χ0n) is 31.1. The highest BCUT2D eigenvalue weighted by Crippen LogP contribution is 2.42. The number of aromatic amines is 1. The molecule has 0 spiro atoms. The molecule has 2 N–H and O–H groups in total. The number of carbonyl (C=O) groups excluding carboxylic acids is 4. The molecule has 0 radical (unpaired) electrons. The number of benzene rings is 2. The molecule has 1 amide bonds. The Bertz CT molecular complexity index is 2000. The Kier molecular flexibility index (Phi) is 12.4. The second-order valence-corrected chi connectivity index (χ2v) is 14.4. The molecule has 14 heteroatoms. The summed E-state index contributed by atoms with van der Waals surface area (Å²) in [6, 6.07) is 9.77. The maximum absolute atomic E-state index is 14.9. The fourth-order valence-corrected chi connectivity index (χ4v) is 7.33. The van der Waals surface area contributed by atoms with E-state index in [0.29, 0.717) is 29.5 Å². The standard InChI is InChI=1S/C40H46F4N4O6/c1-6-22(4)27(19-25(49)18-24-12-9-10-15-31(24)41)36(51)47-39(17-16-32-29(21-39)26-13-11-14-30(34(26)45-32)40(42,43)44)33(50)20-28(23(5)7-2)37-46-35(48-54-37)38(52)53-8-3/h9-15,22-23,27-28,45H,6-8,16-21H2,1-5H3,(H,47,51)/t22?,23?,27?,28-,39?/m0/s1. The van der Waals surface area contributed by atoms with Crippen molar-refractivity contribution in [3.8, 4) is 0 Å². The Balaban J connectivity index is 1.53. The Morgan fingerprint density at radius 3 is 2.39 bits per heavy atom. The lowest BCUT2D eigenvalue weighted by molar-refractivity contribution is -0.137. The number of Topliss-reactive ketones (excluding diaryl/α,β-unsaturated/α-hetero) is 2. The highest BCUT2D eigenvalue weighted by atomic mass is 19.4. The maximum Gasteiger partial charge on any atom is 0.418 e. The lowest BCUT2D eigenvalue weighted by Crippen LogP contribution is -2.59. The summed E-state index contributed by atoms with van der Waals surface area (Å²) in [4.78, 5) is 62.2. The van der Waals surface area contributed by atoms with E-state index in [1.54, 1.807) is 19.1 Å². The van der Waals surface area contributed by atoms with Gasteiger partial charge in [-0.15, -0.1) is 0 Å². The fourth-order valence-electron chi connectivity index (χ4n) is 7.33. The van der Waals surface area contributed by atoms with Crippen LogP contribution in [0.3, 0.4) is 0 Å². The molecule has 4 unspecified atom stereocenters. The number of amides is 1. The van der Waals surface area contributed by atoms with Gasteiger partial charge in [-0.05, 0) is 60.0 Å². The molecule has 2 heterocycles. The number of nitrogens with zero attached hydrogens (tertiary/aromatic N) is 2. The van der Waals surface area contributed by atoms with Gasteiger partial charge in [0.15, 0.2) is 5.78 Å². The summed E-state index contributed by atoms with van der Waals surface area (Å²) in [5.74, 6) is -4.97. The Morgan fingerprint density at radius 2 is 1.72 bits per heavy atom. The van der Waals surface area contributed by atoms with E-state index in [4.69, 9.17) is 9.26 Å². The summed E-state index contributed by atoms with van der Waals surface area (Å²) in [7, 11) is 0. The van der Waals surface area contributed by atoms with E-state index < -0.39 is 52.6 Å². The second kappa shape index (κ2) is 16.6. The van der Waals surface area contributed by atoms with Gasteiger partial charge in [0.05, 0.1) is 17.7 Å². The molecule has 1 aliphatic rings. The van der Waals surface area contributed by atoms with Crippen molar-refractivity contribution in [2.75, 3.05) is 6.61 Å².